The summed E-state index contributed by atoms with van der Waals surface area (Å²) in [6, 6.07) is 7.85. The van der Waals surface area contributed by atoms with Crippen LogP contribution < -0.4 is 14.2 Å². The van der Waals surface area contributed by atoms with Crippen molar-refractivity contribution in [2.75, 3.05) is 13.7 Å². The maximum absolute atomic E-state index is 12.4. The fourth-order valence-corrected chi connectivity index (χ4v) is 2.76. The van der Waals surface area contributed by atoms with Gasteiger partial charge in [-0.25, -0.2) is 0 Å². The van der Waals surface area contributed by atoms with E-state index >= 15 is 0 Å². The van der Waals surface area contributed by atoms with Gasteiger partial charge in [-0.1, -0.05) is 6.07 Å². The standard InChI is InChI=1S/C18H18O6/c1-3-23-11-7-13(20)18-14(21)9-16(24-17(18)8-11)10-4-5-15(22-2)12(19)6-10/h4-8,16,19-20H,3,9H2,1-2H3/t16-/m0/s1. The molecule has 0 spiro atoms. The van der Waals surface area contributed by atoms with Crippen LogP contribution in [0.3, 0.4) is 0 Å². The Morgan fingerprint density at radius 1 is 1.21 bits per heavy atom. The van der Waals surface area contributed by atoms with Crippen molar-refractivity contribution in [3.63, 3.8) is 0 Å². The molecule has 2 aromatic carbocycles. The molecular weight excluding hydrogens is 312 g/mol. The molecule has 1 heterocycles. The Bertz CT molecular complexity index is 783. The lowest BCUT2D eigenvalue weighted by atomic mass is 9.95. The lowest BCUT2D eigenvalue weighted by Crippen LogP contribution is -2.20. The predicted octanol–water partition coefficient (Wildman–Crippen LogP) is 3.21. The van der Waals surface area contributed by atoms with E-state index in [1.54, 1.807) is 18.2 Å². The predicted molar refractivity (Wildman–Crippen MR) is 86.3 cm³/mol. The van der Waals surface area contributed by atoms with Crippen LogP contribution in [0.25, 0.3) is 0 Å². The fraction of sp³-hybridized carbons (Fsp3) is 0.278. The molecule has 0 aliphatic carbocycles. The summed E-state index contributed by atoms with van der Waals surface area (Å²) >= 11 is 0. The molecule has 0 bridgehead atoms. The molecule has 3 rings (SSSR count). The molecular formula is C18H18O6. The number of carbonyl (C=O) groups excluding carboxylic acids is 1. The Labute approximate surface area is 139 Å². The Morgan fingerprint density at radius 2 is 2.00 bits per heavy atom. The summed E-state index contributed by atoms with van der Waals surface area (Å²) in [6.45, 7) is 2.26. The molecule has 6 nitrogen and oxygen atoms in total. The third-order valence-electron chi connectivity index (χ3n) is 3.86. The third-order valence-corrected chi connectivity index (χ3v) is 3.86. The van der Waals surface area contributed by atoms with Crippen molar-refractivity contribution in [3.8, 4) is 28.7 Å². The first-order valence-corrected chi connectivity index (χ1v) is 7.60. The number of rotatable bonds is 4. The monoisotopic (exact) mass is 330 g/mol. The van der Waals surface area contributed by atoms with Gasteiger partial charge in [0.25, 0.3) is 0 Å². The molecule has 24 heavy (non-hydrogen) atoms. The Hall–Kier alpha value is -2.89. The molecule has 2 aromatic rings. The van der Waals surface area contributed by atoms with E-state index in [-0.39, 0.29) is 35.0 Å². The van der Waals surface area contributed by atoms with Gasteiger partial charge in [0.05, 0.1) is 20.1 Å². The molecule has 0 unspecified atom stereocenters. The Balaban J connectivity index is 1.96. The van der Waals surface area contributed by atoms with Crippen LogP contribution in [0, 0.1) is 0 Å². The van der Waals surface area contributed by atoms with Gasteiger partial charge in [0.1, 0.15) is 28.9 Å². The number of carbonyl (C=O) groups is 1. The minimum absolute atomic E-state index is 0.0252. The van der Waals surface area contributed by atoms with Crippen molar-refractivity contribution < 1.29 is 29.2 Å². The summed E-state index contributed by atoms with van der Waals surface area (Å²) < 4.78 is 16.3. The van der Waals surface area contributed by atoms with Gasteiger partial charge in [-0.2, -0.15) is 0 Å². The number of aromatic hydroxyl groups is 2. The van der Waals surface area contributed by atoms with Crippen LogP contribution >= 0.6 is 0 Å². The van der Waals surface area contributed by atoms with E-state index in [0.717, 1.165) is 0 Å². The molecule has 1 aliphatic rings. The van der Waals surface area contributed by atoms with E-state index < -0.39 is 6.10 Å². The van der Waals surface area contributed by atoms with Gasteiger partial charge in [0, 0.05) is 12.1 Å². The van der Waals surface area contributed by atoms with Crippen LogP contribution in [0.5, 0.6) is 28.7 Å². The molecule has 2 N–H and O–H groups in total. The third kappa shape index (κ3) is 2.82. The number of ketones is 1. The van der Waals surface area contributed by atoms with E-state index in [1.165, 1.54) is 19.2 Å². The highest BCUT2D eigenvalue weighted by Gasteiger charge is 2.31. The fourth-order valence-electron chi connectivity index (χ4n) is 2.76. The van der Waals surface area contributed by atoms with Crippen LogP contribution in [0.4, 0.5) is 0 Å². The maximum atomic E-state index is 12.4. The Kier molecular flexibility index (Phi) is 4.20. The lowest BCUT2D eigenvalue weighted by molar-refractivity contribution is 0.0844. The van der Waals surface area contributed by atoms with Crippen LogP contribution in [0.1, 0.15) is 35.4 Å². The number of hydrogen-bond donors (Lipinski definition) is 2. The second kappa shape index (κ2) is 6.31. The average Bonchev–Trinajstić information content (AvgIpc) is 2.54. The van der Waals surface area contributed by atoms with Gasteiger partial charge < -0.3 is 24.4 Å². The summed E-state index contributed by atoms with van der Waals surface area (Å²) in [5.74, 6) is 0.643. The first-order chi connectivity index (χ1) is 11.5. The molecule has 1 atom stereocenters. The summed E-state index contributed by atoms with van der Waals surface area (Å²) in [5.41, 5.74) is 0.807. The number of methoxy groups -OCH3 is 1. The molecule has 0 amide bonds. The molecule has 0 radical (unpaired) electrons. The minimum Gasteiger partial charge on any atom is -0.507 e. The Morgan fingerprint density at radius 3 is 2.67 bits per heavy atom. The maximum Gasteiger partial charge on any atom is 0.174 e. The zero-order valence-corrected chi connectivity index (χ0v) is 13.4. The molecule has 0 saturated heterocycles. The van der Waals surface area contributed by atoms with Crippen LogP contribution in [0.15, 0.2) is 30.3 Å². The van der Waals surface area contributed by atoms with Gasteiger partial charge in [0.2, 0.25) is 0 Å². The molecule has 0 fully saturated rings. The molecule has 1 aliphatic heterocycles. The minimum atomic E-state index is -0.557. The summed E-state index contributed by atoms with van der Waals surface area (Å²) in [4.78, 5) is 12.4. The van der Waals surface area contributed by atoms with Crippen LogP contribution in [-0.2, 0) is 0 Å². The summed E-state index contributed by atoms with van der Waals surface area (Å²) in [5, 5.41) is 20.0. The average molecular weight is 330 g/mol. The van der Waals surface area contributed by atoms with Crippen LogP contribution in [-0.4, -0.2) is 29.7 Å². The largest absolute Gasteiger partial charge is 0.507 e. The highest BCUT2D eigenvalue weighted by molar-refractivity contribution is 6.02. The zero-order chi connectivity index (χ0) is 17.3. The number of ether oxygens (including phenoxy) is 3. The van der Waals surface area contributed by atoms with E-state index in [0.29, 0.717) is 23.7 Å². The molecule has 0 aromatic heterocycles. The summed E-state index contributed by atoms with van der Waals surface area (Å²) in [6.07, 6.45) is -0.488. The second-order valence-electron chi connectivity index (χ2n) is 5.41. The van der Waals surface area contributed by atoms with Crippen molar-refractivity contribution in [2.45, 2.75) is 19.4 Å². The highest BCUT2D eigenvalue weighted by atomic mass is 16.5. The van der Waals surface area contributed by atoms with E-state index in [4.69, 9.17) is 14.2 Å². The number of hydrogen-bond acceptors (Lipinski definition) is 6. The van der Waals surface area contributed by atoms with E-state index in [2.05, 4.69) is 0 Å². The molecule has 0 saturated carbocycles. The SMILES string of the molecule is CCOc1cc(O)c2c(c1)O[C@H](c1ccc(OC)c(O)c1)CC2=O. The number of fused-ring (bicyclic) bond motifs is 1. The second-order valence-corrected chi connectivity index (χ2v) is 5.41. The molecule has 126 valence electrons. The van der Waals surface area contributed by atoms with E-state index in [1.807, 2.05) is 6.92 Å². The number of benzene rings is 2. The van der Waals surface area contributed by atoms with E-state index in [9.17, 15) is 15.0 Å². The van der Waals surface area contributed by atoms with Gasteiger partial charge in [-0.15, -0.1) is 0 Å². The number of Topliss-reactive ketones (excluding diaryl/α,β-unsaturated/α-hetero) is 1. The lowest BCUT2D eigenvalue weighted by Gasteiger charge is -2.26. The quantitative estimate of drug-likeness (QED) is 0.895. The van der Waals surface area contributed by atoms with Gasteiger partial charge in [-0.3, -0.25) is 4.79 Å². The molecule has 6 heteroatoms. The number of phenolic OH excluding ortho intramolecular Hbond substituents is 2. The van der Waals surface area contributed by atoms with Crippen molar-refractivity contribution in [1.29, 1.82) is 0 Å². The van der Waals surface area contributed by atoms with Crippen molar-refractivity contribution in [3.05, 3.63) is 41.5 Å². The first-order valence-electron chi connectivity index (χ1n) is 7.60. The smallest absolute Gasteiger partial charge is 0.174 e. The van der Waals surface area contributed by atoms with Crippen molar-refractivity contribution in [2.24, 2.45) is 0 Å². The van der Waals surface area contributed by atoms with Crippen molar-refractivity contribution in [1.82, 2.24) is 0 Å². The highest BCUT2D eigenvalue weighted by Crippen LogP contribution is 2.42. The first kappa shape index (κ1) is 16.0. The normalized spacial score (nSPS) is 16.2. The zero-order valence-electron chi connectivity index (χ0n) is 13.4. The van der Waals surface area contributed by atoms with Crippen molar-refractivity contribution >= 4 is 5.78 Å². The van der Waals surface area contributed by atoms with Gasteiger partial charge in [-0.05, 0) is 24.6 Å². The summed E-state index contributed by atoms with van der Waals surface area (Å²) in [7, 11) is 1.46. The topological polar surface area (TPSA) is 85.2 Å². The van der Waals surface area contributed by atoms with Gasteiger partial charge >= 0.3 is 0 Å². The van der Waals surface area contributed by atoms with Gasteiger partial charge in [0.15, 0.2) is 17.3 Å². The number of phenols is 2. The van der Waals surface area contributed by atoms with Crippen LogP contribution in [0.2, 0.25) is 0 Å².